The van der Waals surface area contributed by atoms with Gasteiger partial charge in [-0.1, -0.05) is 13.8 Å². The molecule has 1 aliphatic rings. The second-order valence-corrected chi connectivity index (χ2v) is 5.91. The highest BCUT2D eigenvalue weighted by Crippen LogP contribution is 2.21. The lowest BCUT2D eigenvalue weighted by molar-refractivity contribution is -0.162. The van der Waals surface area contributed by atoms with Crippen LogP contribution in [-0.2, 0) is 9.47 Å². The number of ketones is 1. The van der Waals surface area contributed by atoms with E-state index in [0.717, 1.165) is 25.9 Å². The fourth-order valence-electron chi connectivity index (χ4n) is 2.51. The summed E-state index contributed by atoms with van der Waals surface area (Å²) in [5.41, 5.74) is 0.477. The van der Waals surface area contributed by atoms with Gasteiger partial charge in [-0.15, -0.1) is 0 Å². The number of hydrogen-bond acceptors (Lipinski definition) is 4. The van der Waals surface area contributed by atoms with Crippen LogP contribution in [0.15, 0.2) is 12.3 Å². The van der Waals surface area contributed by atoms with Gasteiger partial charge in [0.25, 0.3) is 0 Å². The van der Waals surface area contributed by atoms with Crippen molar-refractivity contribution in [3.63, 3.8) is 0 Å². The smallest absolute Gasteiger partial charge is 0.184 e. The predicted octanol–water partition coefficient (Wildman–Crippen LogP) is 3.85. The van der Waals surface area contributed by atoms with E-state index in [1.165, 1.54) is 6.20 Å². The minimum absolute atomic E-state index is 0.0290. The maximum Gasteiger partial charge on any atom is 0.184 e. The van der Waals surface area contributed by atoms with Crippen LogP contribution in [0.4, 0.5) is 4.39 Å². The van der Waals surface area contributed by atoms with Crippen LogP contribution >= 0.6 is 0 Å². The molecule has 0 N–H and O–H groups in total. The number of rotatable bonds is 7. The zero-order valence-corrected chi connectivity index (χ0v) is 13.3. The molecule has 122 valence electrons. The van der Waals surface area contributed by atoms with E-state index in [1.807, 2.05) is 13.8 Å². The zero-order chi connectivity index (χ0) is 15.9. The molecule has 1 saturated heterocycles. The van der Waals surface area contributed by atoms with Gasteiger partial charge in [0.05, 0.1) is 6.61 Å². The molecule has 1 unspecified atom stereocenters. The summed E-state index contributed by atoms with van der Waals surface area (Å²) in [7, 11) is 0. The molecule has 1 fully saturated rings. The van der Waals surface area contributed by atoms with E-state index in [4.69, 9.17) is 9.47 Å². The second kappa shape index (κ2) is 8.34. The van der Waals surface area contributed by atoms with E-state index < -0.39 is 5.82 Å². The Balaban J connectivity index is 1.81. The van der Waals surface area contributed by atoms with Crippen LogP contribution < -0.4 is 0 Å². The van der Waals surface area contributed by atoms with E-state index in [2.05, 4.69) is 4.98 Å². The number of pyridine rings is 1. The predicted molar refractivity (Wildman–Crippen MR) is 81.4 cm³/mol. The lowest BCUT2D eigenvalue weighted by Crippen LogP contribution is -2.22. The van der Waals surface area contributed by atoms with Crippen molar-refractivity contribution in [2.75, 3.05) is 13.2 Å². The topological polar surface area (TPSA) is 48.4 Å². The Morgan fingerprint density at radius 1 is 1.50 bits per heavy atom. The van der Waals surface area contributed by atoms with Gasteiger partial charge in [0.2, 0.25) is 0 Å². The highest BCUT2D eigenvalue weighted by atomic mass is 19.1. The molecule has 0 amide bonds. The molecule has 0 spiro atoms. The lowest BCUT2D eigenvalue weighted by Gasteiger charge is -2.22. The summed E-state index contributed by atoms with van der Waals surface area (Å²) in [5, 5.41) is 0. The average Bonchev–Trinajstić information content (AvgIpc) is 2.52. The first-order chi connectivity index (χ1) is 10.6. The number of carbonyl (C=O) groups excluding carboxylic acids is 1. The minimum atomic E-state index is -0.487. The molecule has 1 aromatic heterocycles. The van der Waals surface area contributed by atoms with Crippen molar-refractivity contribution in [3.05, 3.63) is 29.3 Å². The van der Waals surface area contributed by atoms with Crippen molar-refractivity contribution in [2.24, 2.45) is 0 Å². The molecule has 2 rings (SSSR count). The van der Waals surface area contributed by atoms with Gasteiger partial charge in [-0.25, -0.2) is 4.39 Å². The molecule has 22 heavy (non-hydrogen) atoms. The Morgan fingerprint density at radius 3 is 3.00 bits per heavy atom. The molecule has 4 nitrogen and oxygen atoms in total. The van der Waals surface area contributed by atoms with Gasteiger partial charge in [-0.05, 0) is 43.2 Å². The van der Waals surface area contributed by atoms with Crippen LogP contribution in [0.25, 0.3) is 0 Å². The first kappa shape index (κ1) is 17.0. The van der Waals surface area contributed by atoms with Crippen molar-refractivity contribution in [2.45, 2.75) is 58.2 Å². The summed E-state index contributed by atoms with van der Waals surface area (Å²) in [5.74, 6) is -0.728. The van der Waals surface area contributed by atoms with Crippen molar-refractivity contribution < 1.29 is 18.7 Å². The molecule has 1 aliphatic heterocycles. The summed E-state index contributed by atoms with van der Waals surface area (Å²) in [6.45, 7) is 4.97. The van der Waals surface area contributed by atoms with Gasteiger partial charge in [-0.2, -0.15) is 0 Å². The number of carbonyl (C=O) groups is 1. The molecular formula is C17H24FNO3. The normalized spacial score (nSPS) is 18.6. The Kier molecular flexibility index (Phi) is 6.46. The first-order valence-corrected chi connectivity index (χ1v) is 8.00. The van der Waals surface area contributed by atoms with E-state index in [1.54, 1.807) is 6.07 Å². The Hall–Kier alpha value is -1.33. The summed E-state index contributed by atoms with van der Waals surface area (Å²) in [6.07, 6.45) is 5.22. The number of halogens is 1. The zero-order valence-electron chi connectivity index (χ0n) is 13.3. The first-order valence-electron chi connectivity index (χ1n) is 8.00. The average molecular weight is 309 g/mol. The van der Waals surface area contributed by atoms with Crippen LogP contribution in [0, 0.1) is 5.82 Å². The molecule has 5 heteroatoms. The standard InChI is InChI=1S/C17H24FNO3/c1-12(2)13-8-9-19-17(16(13)18)14(20)6-5-11-22-15-7-3-4-10-21-15/h8-9,12,15H,3-7,10-11H2,1-2H3. The molecule has 2 heterocycles. The lowest BCUT2D eigenvalue weighted by atomic mass is 10.0. The highest BCUT2D eigenvalue weighted by molar-refractivity contribution is 5.94. The summed E-state index contributed by atoms with van der Waals surface area (Å²) >= 11 is 0. The summed E-state index contributed by atoms with van der Waals surface area (Å²) in [6, 6.07) is 1.63. The monoisotopic (exact) mass is 309 g/mol. The van der Waals surface area contributed by atoms with Gasteiger partial charge in [0.1, 0.15) is 5.69 Å². The molecular weight excluding hydrogens is 285 g/mol. The Labute approximate surface area is 131 Å². The largest absolute Gasteiger partial charge is 0.353 e. The maximum absolute atomic E-state index is 14.2. The Morgan fingerprint density at radius 2 is 2.32 bits per heavy atom. The quantitative estimate of drug-likeness (QED) is 0.567. The second-order valence-electron chi connectivity index (χ2n) is 5.91. The van der Waals surface area contributed by atoms with Gasteiger partial charge < -0.3 is 9.47 Å². The van der Waals surface area contributed by atoms with E-state index >= 15 is 0 Å². The van der Waals surface area contributed by atoms with Crippen molar-refractivity contribution in [1.82, 2.24) is 4.98 Å². The van der Waals surface area contributed by atoms with Crippen molar-refractivity contribution >= 4 is 5.78 Å². The third-order valence-electron chi connectivity index (χ3n) is 3.80. The molecule has 0 aromatic carbocycles. The van der Waals surface area contributed by atoms with Crippen LogP contribution in [0.5, 0.6) is 0 Å². The number of Topliss-reactive ketones (excluding diaryl/α,β-unsaturated/α-hetero) is 1. The van der Waals surface area contributed by atoms with Crippen LogP contribution in [0.2, 0.25) is 0 Å². The van der Waals surface area contributed by atoms with Crippen LogP contribution in [-0.4, -0.2) is 30.3 Å². The molecule has 1 atom stereocenters. The highest BCUT2D eigenvalue weighted by Gasteiger charge is 2.18. The molecule has 0 radical (unpaired) electrons. The van der Waals surface area contributed by atoms with Gasteiger partial charge >= 0.3 is 0 Å². The summed E-state index contributed by atoms with van der Waals surface area (Å²) < 4.78 is 25.3. The number of aromatic nitrogens is 1. The van der Waals surface area contributed by atoms with E-state index in [0.29, 0.717) is 18.6 Å². The molecule has 0 saturated carbocycles. The fraction of sp³-hybridized carbons (Fsp3) is 0.647. The van der Waals surface area contributed by atoms with Crippen LogP contribution in [0.3, 0.4) is 0 Å². The van der Waals surface area contributed by atoms with Crippen LogP contribution in [0.1, 0.15) is 67.9 Å². The fourth-order valence-corrected chi connectivity index (χ4v) is 2.51. The molecule has 1 aromatic rings. The SMILES string of the molecule is CC(C)c1ccnc(C(=O)CCCOC2CCCCO2)c1F. The van der Waals surface area contributed by atoms with Crippen molar-refractivity contribution in [1.29, 1.82) is 0 Å². The third-order valence-corrected chi connectivity index (χ3v) is 3.80. The number of nitrogens with zero attached hydrogens (tertiary/aromatic N) is 1. The number of ether oxygens (including phenoxy) is 2. The Bertz CT molecular complexity index is 499. The van der Waals surface area contributed by atoms with E-state index in [-0.39, 0.29) is 30.1 Å². The number of hydrogen-bond donors (Lipinski definition) is 0. The molecule has 0 aliphatic carbocycles. The van der Waals surface area contributed by atoms with Crippen molar-refractivity contribution in [3.8, 4) is 0 Å². The summed E-state index contributed by atoms with van der Waals surface area (Å²) in [4.78, 5) is 16.0. The van der Waals surface area contributed by atoms with Gasteiger partial charge in [0.15, 0.2) is 17.9 Å². The third kappa shape index (κ3) is 4.58. The minimum Gasteiger partial charge on any atom is -0.353 e. The molecule has 0 bridgehead atoms. The van der Waals surface area contributed by atoms with Gasteiger partial charge in [0, 0.05) is 19.2 Å². The van der Waals surface area contributed by atoms with E-state index in [9.17, 15) is 9.18 Å². The maximum atomic E-state index is 14.2. The van der Waals surface area contributed by atoms with Gasteiger partial charge in [-0.3, -0.25) is 9.78 Å².